The van der Waals surface area contributed by atoms with Gasteiger partial charge in [0.1, 0.15) is 5.01 Å². The highest BCUT2D eigenvalue weighted by molar-refractivity contribution is 7.09. The Hall–Kier alpha value is -1.30. The molecule has 0 aliphatic heterocycles. The van der Waals surface area contributed by atoms with Gasteiger partial charge in [0.25, 0.3) is 0 Å². The van der Waals surface area contributed by atoms with Crippen LogP contribution in [0.5, 0.6) is 0 Å². The summed E-state index contributed by atoms with van der Waals surface area (Å²) in [4.78, 5) is 4.39. The van der Waals surface area contributed by atoms with Gasteiger partial charge in [-0.2, -0.15) is 0 Å². The van der Waals surface area contributed by atoms with E-state index in [9.17, 15) is 0 Å². The van der Waals surface area contributed by atoms with E-state index in [1.807, 2.05) is 17.0 Å². The van der Waals surface area contributed by atoms with Crippen molar-refractivity contribution in [2.24, 2.45) is 0 Å². The minimum absolute atomic E-state index is 0.681. The Morgan fingerprint density at radius 1 is 1.47 bits per heavy atom. The van der Waals surface area contributed by atoms with Crippen LogP contribution in [0.1, 0.15) is 29.9 Å². The van der Waals surface area contributed by atoms with Crippen molar-refractivity contribution in [2.45, 2.75) is 33.2 Å². The molecule has 0 saturated heterocycles. The number of rotatable bonds is 4. The summed E-state index contributed by atoms with van der Waals surface area (Å²) in [6.07, 6.45) is 1.97. The van der Waals surface area contributed by atoms with Crippen molar-refractivity contribution in [3.63, 3.8) is 0 Å². The molecule has 2 aromatic rings. The van der Waals surface area contributed by atoms with Gasteiger partial charge in [-0.05, 0) is 23.8 Å². The second-order valence-electron chi connectivity index (χ2n) is 3.39. The molecule has 0 fully saturated rings. The number of nitrogens with zero attached hydrogens (tertiary/aromatic N) is 5. The summed E-state index contributed by atoms with van der Waals surface area (Å²) in [5.74, 6) is 0.936. The van der Waals surface area contributed by atoms with E-state index in [0.717, 1.165) is 29.4 Å². The normalized spacial score (nSPS) is 10.8. The molecule has 0 radical (unpaired) electrons. The lowest BCUT2D eigenvalue weighted by atomic mass is 10.3. The fourth-order valence-corrected chi connectivity index (χ4v) is 2.10. The third-order valence-corrected chi connectivity index (χ3v) is 2.98. The highest BCUT2D eigenvalue weighted by Crippen LogP contribution is 2.10. The summed E-state index contributed by atoms with van der Waals surface area (Å²) in [7, 11) is 0. The summed E-state index contributed by atoms with van der Waals surface area (Å²) in [6.45, 7) is 4.79. The number of aryl methyl sites for hydroxylation is 2. The van der Waals surface area contributed by atoms with Gasteiger partial charge in [-0.1, -0.05) is 6.92 Å². The molecule has 0 aliphatic rings. The topological polar surface area (TPSA) is 56.5 Å². The Morgan fingerprint density at radius 3 is 3.00 bits per heavy atom. The maximum atomic E-state index is 4.39. The van der Waals surface area contributed by atoms with Crippen molar-refractivity contribution in [2.75, 3.05) is 0 Å². The third kappa shape index (κ3) is 2.38. The van der Waals surface area contributed by atoms with Gasteiger partial charge < -0.3 is 0 Å². The Labute approximate surface area is 92.2 Å². The van der Waals surface area contributed by atoms with E-state index >= 15 is 0 Å². The molecular weight excluding hydrogens is 210 g/mol. The first-order valence-electron chi connectivity index (χ1n) is 4.95. The van der Waals surface area contributed by atoms with Crippen molar-refractivity contribution >= 4 is 11.3 Å². The molecule has 0 spiro atoms. The molecular formula is C9H13N5S. The van der Waals surface area contributed by atoms with Crippen molar-refractivity contribution in [1.29, 1.82) is 0 Å². The summed E-state index contributed by atoms with van der Waals surface area (Å²) in [5, 5.41) is 14.7. The van der Waals surface area contributed by atoms with Gasteiger partial charge in [0.2, 0.25) is 0 Å². The number of thiazole rings is 1. The Balaban J connectivity index is 2.13. The third-order valence-electron chi connectivity index (χ3n) is 2.03. The number of hydrogen-bond donors (Lipinski definition) is 0. The summed E-state index contributed by atoms with van der Waals surface area (Å²) >= 11 is 1.65. The van der Waals surface area contributed by atoms with E-state index in [0.29, 0.717) is 6.54 Å². The van der Waals surface area contributed by atoms with E-state index < -0.39 is 0 Å². The van der Waals surface area contributed by atoms with Crippen LogP contribution in [0.3, 0.4) is 0 Å². The molecule has 2 aromatic heterocycles. The minimum Gasteiger partial charge on any atom is -0.245 e. The zero-order chi connectivity index (χ0) is 10.7. The molecule has 0 aromatic carbocycles. The average molecular weight is 223 g/mol. The van der Waals surface area contributed by atoms with E-state index in [4.69, 9.17) is 0 Å². The van der Waals surface area contributed by atoms with Crippen LogP contribution in [0.15, 0.2) is 5.38 Å². The van der Waals surface area contributed by atoms with Crippen LogP contribution in [0.4, 0.5) is 0 Å². The van der Waals surface area contributed by atoms with Crippen LogP contribution in [0, 0.1) is 6.92 Å². The summed E-state index contributed by atoms with van der Waals surface area (Å²) in [5.41, 5.74) is 1.06. The monoisotopic (exact) mass is 223 g/mol. The maximum absolute atomic E-state index is 4.39. The largest absolute Gasteiger partial charge is 0.245 e. The predicted octanol–water partition coefficient (Wildman–Crippen LogP) is 1.44. The lowest BCUT2D eigenvalue weighted by Gasteiger charge is -1.99. The SMILES string of the molecule is CCCc1nnnn1Cc1nc(C)cs1. The molecule has 0 saturated carbocycles. The van der Waals surface area contributed by atoms with Crippen LogP contribution in [-0.4, -0.2) is 25.2 Å². The van der Waals surface area contributed by atoms with Crippen LogP contribution >= 0.6 is 11.3 Å². The fourth-order valence-electron chi connectivity index (χ4n) is 1.35. The lowest BCUT2D eigenvalue weighted by Crippen LogP contribution is -2.06. The first-order chi connectivity index (χ1) is 7.29. The molecule has 0 N–H and O–H groups in total. The van der Waals surface area contributed by atoms with Crippen molar-refractivity contribution in [3.8, 4) is 0 Å². The van der Waals surface area contributed by atoms with Crippen LogP contribution in [0.2, 0.25) is 0 Å². The van der Waals surface area contributed by atoms with E-state index in [1.54, 1.807) is 11.3 Å². The first kappa shape index (κ1) is 10.2. The quantitative estimate of drug-likeness (QED) is 0.787. The van der Waals surface area contributed by atoms with Gasteiger partial charge in [-0.25, -0.2) is 9.67 Å². The highest BCUT2D eigenvalue weighted by Gasteiger charge is 2.07. The smallest absolute Gasteiger partial charge is 0.151 e. The molecule has 2 heterocycles. The molecule has 80 valence electrons. The fraction of sp³-hybridized carbons (Fsp3) is 0.556. The predicted molar refractivity (Wildman–Crippen MR) is 57.8 cm³/mol. The van der Waals surface area contributed by atoms with Crippen LogP contribution in [-0.2, 0) is 13.0 Å². The Morgan fingerprint density at radius 2 is 2.33 bits per heavy atom. The zero-order valence-electron chi connectivity index (χ0n) is 8.84. The first-order valence-corrected chi connectivity index (χ1v) is 5.83. The van der Waals surface area contributed by atoms with E-state index in [1.165, 1.54) is 0 Å². The lowest BCUT2D eigenvalue weighted by molar-refractivity contribution is 0.610. The van der Waals surface area contributed by atoms with Crippen molar-refractivity contribution < 1.29 is 0 Å². The molecule has 0 aliphatic carbocycles. The number of hydrogen-bond acceptors (Lipinski definition) is 5. The molecule has 15 heavy (non-hydrogen) atoms. The number of aromatic nitrogens is 5. The molecule has 5 nitrogen and oxygen atoms in total. The molecule has 0 amide bonds. The maximum Gasteiger partial charge on any atom is 0.151 e. The van der Waals surface area contributed by atoms with Gasteiger partial charge >= 0.3 is 0 Å². The Kier molecular flexibility index (Phi) is 3.05. The van der Waals surface area contributed by atoms with Crippen molar-refractivity contribution in [1.82, 2.24) is 25.2 Å². The molecule has 0 bridgehead atoms. The second kappa shape index (κ2) is 4.48. The Bertz CT molecular complexity index is 433. The van der Waals surface area contributed by atoms with Gasteiger partial charge in [-0.15, -0.1) is 16.4 Å². The van der Waals surface area contributed by atoms with Gasteiger partial charge in [0.15, 0.2) is 5.82 Å². The van der Waals surface area contributed by atoms with E-state index in [-0.39, 0.29) is 0 Å². The second-order valence-corrected chi connectivity index (χ2v) is 4.33. The van der Waals surface area contributed by atoms with Gasteiger partial charge in [0, 0.05) is 17.5 Å². The van der Waals surface area contributed by atoms with Gasteiger partial charge in [-0.3, -0.25) is 0 Å². The standard InChI is InChI=1S/C9H13N5S/c1-3-4-8-11-12-13-14(8)5-9-10-7(2)6-15-9/h6H,3-5H2,1-2H3. The number of tetrazole rings is 1. The molecule has 6 heteroatoms. The summed E-state index contributed by atoms with van der Waals surface area (Å²) < 4.78 is 1.82. The zero-order valence-corrected chi connectivity index (χ0v) is 9.66. The van der Waals surface area contributed by atoms with Crippen molar-refractivity contribution in [3.05, 3.63) is 21.9 Å². The van der Waals surface area contributed by atoms with Crippen LogP contribution in [0.25, 0.3) is 0 Å². The van der Waals surface area contributed by atoms with Gasteiger partial charge in [0.05, 0.1) is 6.54 Å². The van der Waals surface area contributed by atoms with Crippen LogP contribution < -0.4 is 0 Å². The average Bonchev–Trinajstić information content (AvgIpc) is 2.78. The minimum atomic E-state index is 0.681. The molecule has 2 rings (SSSR count). The highest BCUT2D eigenvalue weighted by atomic mass is 32.1. The molecule has 0 unspecified atom stereocenters. The molecule has 0 atom stereocenters. The summed E-state index contributed by atoms with van der Waals surface area (Å²) in [6, 6.07) is 0. The van der Waals surface area contributed by atoms with E-state index in [2.05, 4.69) is 27.4 Å².